The van der Waals surface area contributed by atoms with E-state index in [2.05, 4.69) is 21.2 Å². The number of hydrogen-bond donors (Lipinski definition) is 2. The summed E-state index contributed by atoms with van der Waals surface area (Å²) >= 11 is 3.40. The third-order valence-corrected chi connectivity index (χ3v) is 2.30. The van der Waals surface area contributed by atoms with Crippen molar-refractivity contribution < 1.29 is 5.11 Å². The fraction of sp³-hybridized carbons (Fsp3) is 0.400. The van der Waals surface area contributed by atoms with Gasteiger partial charge in [0.25, 0.3) is 0 Å². The third-order valence-electron chi connectivity index (χ3n) is 1.85. The maximum absolute atomic E-state index is 9.69. The SMILES string of the molecule is CNCC(O)c1cc(C)cc(Br)c1. The van der Waals surface area contributed by atoms with E-state index in [1.54, 1.807) is 0 Å². The van der Waals surface area contributed by atoms with Crippen LogP contribution in [-0.4, -0.2) is 18.7 Å². The van der Waals surface area contributed by atoms with Gasteiger partial charge < -0.3 is 10.4 Å². The first-order chi connectivity index (χ1) is 6.13. The van der Waals surface area contributed by atoms with Crippen molar-refractivity contribution in [2.75, 3.05) is 13.6 Å². The zero-order valence-corrected chi connectivity index (χ0v) is 9.43. The van der Waals surface area contributed by atoms with Gasteiger partial charge in [0.05, 0.1) is 6.10 Å². The monoisotopic (exact) mass is 243 g/mol. The van der Waals surface area contributed by atoms with E-state index in [9.17, 15) is 5.11 Å². The molecule has 13 heavy (non-hydrogen) atoms. The lowest BCUT2D eigenvalue weighted by atomic mass is 10.1. The summed E-state index contributed by atoms with van der Waals surface area (Å²) < 4.78 is 1.01. The number of likely N-dealkylation sites (N-methyl/N-ethyl adjacent to an activating group) is 1. The van der Waals surface area contributed by atoms with Crippen molar-refractivity contribution in [3.63, 3.8) is 0 Å². The fourth-order valence-electron chi connectivity index (χ4n) is 1.27. The van der Waals surface area contributed by atoms with Crippen molar-refractivity contribution >= 4 is 15.9 Å². The summed E-state index contributed by atoms with van der Waals surface area (Å²) in [6.45, 7) is 2.59. The Labute approximate surface area is 87.1 Å². The number of rotatable bonds is 3. The van der Waals surface area contributed by atoms with Crippen molar-refractivity contribution in [1.82, 2.24) is 5.32 Å². The Hall–Kier alpha value is -0.380. The summed E-state index contributed by atoms with van der Waals surface area (Å²) in [4.78, 5) is 0. The van der Waals surface area contributed by atoms with Crippen LogP contribution >= 0.6 is 15.9 Å². The molecule has 72 valence electrons. The lowest BCUT2D eigenvalue weighted by molar-refractivity contribution is 0.177. The summed E-state index contributed by atoms with van der Waals surface area (Å²) in [7, 11) is 1.83. The van der Waals surface area contributed by atoms with Gasteiger partial charge in [0.1, 0.15) is 0 Å². The van der Waals surface area contributed by atoms with Crippen molar-refractivity contribution in [3.8, 4) is 0 Å². The Morgan fingerprint density at radius 2 is 2.15 bits per heavy atom. The van der Waals surface area contributed by atoms with Crippen LogP contribution in [0.2, 0.25) is 0 Å². The van der Waals surface area contributed by atoms with Crippen LogP contribution in [0.5, 0.6) is 0 Å². The first-order valence-electron chi connectivity index (χ1n) is 4.23. The summed E-state index contributed by atoms with van der Waals surface area (Å²) in [5.74, 6) is 0. The molecule has 0 aliphatic rings. The summed E-state index contributed by atoms with van der Waals surface area (Å²) in [6, 6.07) is 5.96. The minimum Gasteiger partial charge on any atom is -0.387 e. The summed E-state index contributed by atoms with van der Waals surface area (Å²) in [5.41, 5.74) is 2.10. The van der Waals surface area contributed by atoms with Gasteiger partial charge in [-0.2, -0.15) is 0 Å². The maximum atomic E-state index is 9.69. The molecule has 0 aliphatic heterocycles. The normalized spacial score (nSPS) is 12.9. The highest BCUT2D eigenvalue weighted by Gasteiger charge is 2.06. The van der Waals surface area contributed by atoms with Crippen LogP contribution < -0.4 is 5.32 Å². The van der Waals surface area contributed by atoms with E-state index >= 15 is 0 Å². The zero-order valence-electron chi connectivity index (χ0n) is 7.84. The van der Waals surface area contributed by atoms with Crippen LogP contribution in [0, 0.1) is 6.92 Å². The van der Waals surface area contributed by atoms with E-state index in [1.807, 2.05) is 32.2 Å². The predicted molar refractivity (Wildman–Crippen MR) is 57.8 cm³/mol. The van der Waals surface area contributed by atoms with E-state index in [0.29, 0.717) is 6.54 Å². The molecule has 0 saturated heterocycles. The molecule has 0 bridgehead atoms. The number of halogens is 1. The van der Waals surface area contributed by atoms with E-state index in [4.69, 9.17) is 0 Å². The highest BCUT2D eigenvalue weighted by atomic mass is 79.9. The van der Waals surface area contributed by atoms with Gasteiger partial charge in [-0.1, -0.05) is 22.0 Å². The molecule has 0 heterocycles. The molecule has 0 saturated carbocycles. The van der Waals surface area contributed by atoms with Crippen LogP contribution in [0.4, 0.5) is 0 Å². The van der Waals surface area contributed by atoms with Crippen LogP contribution in [0.3, 0.4) is 0 Å². The van der Waals surface area contributed by atoms with Crippen LogP contribution in [-0.2, 0) is 0 Å². The van der Waals surface area contributed by atoms with E-state index in [1.165, 1.54) is 0 Å². The summed E-state index contributed by atoms with van der Waals surface area (Å²) in [5, 5.41) is 12.6. The minimum absolute atomic E-state index is 0.429. The van der Waals surface area contributed by atoms with Crippen LogP contribution in [0.1, 0.15) is 17.2 Å². The molecule has 1 rings (SSSR count). The Bertz CT molecular complexity index is 268. The molecule has 0 spiro atoms. The number of aryl methyl sites for hydroxylation is 1. The molecule has 1 atom stereocenters. The van der Waals surface area contributed by atoms with Crippen LogP contribution in [0.15, 0.2) is 22.7 Å². The summed E-state index contributed by atoms with van der Waals surface area (Å²) in [6.07, 6.45) is -0.429. The molecule has 3 heteroatoms. The fourth-order valence-corrected chi connectivity index (χ4v) is 1.89. The van der Waals surface area contributed by atoms with Gasteiger partial charge in [-0.25, -0.2) is 0 Å². The number of aliphatic hydroxyl groups excluding tert-OH is 1. The molecular weight excluding hydrogens is 230 g/mol. The van der Waals surface area contributed by atoms with Gasteiger partial charge in [-0.3, -0.25) is 0 Å². The molecule has 2 nitrogen and oxygen atoms in total. The second-order valence-electron chi connectivity index (χ2n) is 3.14. The predicted octanol–water partition coefficient (Wildman–Crippen LogP) is 2.01. The number of nitrogens with one attached hydrogen (secondary N) is 1. The molecular formula is C10H14BrNO. The molecule has 0 radical (unpaired) electrons. The molecule has 0 amide bonds. The average Bonchev–Trinajstić information content (AvgIpc) is 2.03. The van der Waals surface area contributed by atoms with Gasteiger partial charge in [0.15, 0.2) is 0 Å². The molecule has 1 aromatic rings. The van der Waals surface area contributed by atoms with E-state index in [-0.39, 0.29) is 0 Å². The minimum atomic E-state index is -0.429. The maximum Gasteiger partial charge on any atom is 0.0914 e. The Morgan fingerprint density at radius 3 is 2.69 bits per heavy atom. The average molecular weight is 244 g/mol. The molecule has 0 aromatic heterocycles. The topological polar surface area (TPSA) is 32.3 Å². The van der Waals surface area contributed by atoms with Crippen LogP contribution in [0.25, 0.3) is 0 Å². The molecule has 0 aliphatic carbocycles. The lowest BCUT2D eigenvalue weighted by Crippen LogP contribution is -2.16. The van der Waals surface area contributed by atoms with Crippen molar-refractivity contribution in [2.45, 2.75) is 13.0 Å². The molecule has 1 aromatic carbocycles. The first kappa shape index (κ1) is 10.7. The quantitative estimate of drug-likeness (QED) is 0.852. The molecule has 0 fully saturated rings. The Morgan fingerprint density at radius 1 is 1.46 bits per heavy atom. The van der Waals surface area contributed by atoms with E-state index < -0.39 is 6.10 Å². The number of benzene rings is 1. The van der Waals surface area contributed by atoms with Gasteiger partial charge in [0.2, 0.25) is 0 Å². The highest BCUT2D eigenvalue weighted by molar-refractivity contribution is 9.10. The van der Waals surface area contributed by atoms with Gasteiger partial charge in [-0.15, -0.1) is 0 Å². The third kappa shape index (κ3) is 3.10. The van der Waals surface area contributed by atoms with Crippen molar-refractivity contribution in [2.24, 2.45) is 0 Å². The second kappa shape index (κ2) is 4.74. The smallest absolute Gasteiger partial charge is 0.0914 e. The van der Waals surface area contributed by atoms with Crippen molar-refractivity contribution in [1.29, 1.82) is 0 Å². The van der Waals surface area contributed by atoms with E-state index in [0.717, 1.165) is 15.6 Å². The highest BCUT2D eigenvalue weighted by Crippen LogP contribution is 2.20. The second-order valence-corrected chi connectivity index (χ2v) is 4.05. The molecule has 1 unspecified atom stereocenters. The largest absolute Gasteiger partial charge is 0.387 e. The first-order valence-corrected chi connectivity index (χ1v) is 5.02. The van der Waals surface area contributed by atoms with Gasteiger partial charge in [-0.05, 0) is 37.2 Å². The Balaban J connectivity index is 2.87. The Kier molecular flexibility index (Phi) is 3.90. The molecule has 2 N–H and O–H groups in total. The number of hydrogen-bond acceptors (Lipinski definition) is 2. The number of aliphatic hydroxyl groups is 1. The van der Waals surface area contributed by atoms with Gasteiger partial charge >= 0.3 is 0 Å². The lowest BCUT2D eigenvalue weighted by Gasteiger charge is -2.11. The van der Waals surface area contributed by atoms with Gasteiger partial charge in [0, 0.05) is 11.0 Å². The zero-order chi connectivity index (χ0) is 9.84. The van der Waals surface area contributed by atoms with Crippen molar-refractivity contribution in [3.05, 3.63) is 33.8 Å². The standard InChI is InChI=1S/C10H14BrNO/c1-7-3-8(5-9(11)4-7)10(13)6-12-2/h3-5,10,12-13H,6H2,1-2H3.